The lowest BCUT2D eigenvalue weighted by Crippen LogP contribution is -2.44. The maximum Gasteiger partial charge on any atom is 0.239 e. The molecule has 0 aromatic heterocycles. The third kappa shape index (κ3) is 8.26. The van der Waals surface area contributed by atoms with E-state index in [1.165, 1.54) is 0 Å². The fourth-order valence-corrected chi connectivity index (χ4v) is 1.46. The average molecular weight is 239 g/mol. The second-order valence-corrected chi connectivity index (χ2v) is 4.52. The predicted octanol–water partition coefficient (Wildman–Crippen LogP) is 1.09. The topological polar surface area (TPSA) is 96.0 Å². The molecule has 0 heterocycles. The number of amides is 2. The Labute approximate surface area is 102 Å². The van der Waals surface area contributed by atoms with Crippen molar-refractivity contribution in [1.82, 2.24) is 5.32 Å². The zero-order valence-electron chi connectivity index (χ0n) is 10.5. The second-order valence-electron chi connectivity index (χ2n) is 4.52. The van der Waals surface area contributed by atoms with Crippen molar-refractivity contribution in [3.63, 3.8) is 0 Å². The Hall–Kier alpha value is -1.57. The van der Waals surface area contributed by atoms with Crippen LogP contribution in [0.4, 0.5) is 0 Å². The molecule has 0 aliphatic heterocycles. The molecule has 0 spiro atoms. The number of unbranched alkanes of at least 4 members (excludes halogenated alkanes) is 2. The predicted molar refractivity (Wildman–Crippen MR) is 64.7 cm³/mol. The molecule has 17 heavy (non-hydrogen) atoms. The van der Waals surface area contributed by atoms with Crippen LogP contribution in [0.15, 0.2) is 0 Å². The van der Waals surface area contributed by atoms with Crippen LogP contribution >= 0.6 is 0 Å². The Morgan fingerprint density at radius 2 is 2.00 bits per heavy atom. The monoisotopic (exact) mass is 239 g/mol. The number of nitrogens with two attached hydrogens (primary N) is 1. The van der Waals surface area contributed by atoms with Crippen LogP contribution in [-0.2, 0) is 9.59 Å². The molecule has 0 aromatic carbocycles. The molecule has 0 saturated carbocycles. The first-order chi connectivity index (χ1) is 7.97. The van der Waals surface area contributed by atoms with Crippen LogP contribution in [0.2, 0.25) is 0 Å². The normalized spacial score (nSPS) is 11.9. The summed E-state index contributed by atoms with van der Waals surface area (Å²) in [6, 6.07) is 1.42. The minimum atomic E-state index is -0.611. The lowest BCUT2D eigenvalue weighted by Gasteiger charge is -2.15. The molecular weight excluding hydrogens is 218 g/mol. The number of nitrogens with zero attached hydrogens (tertiary/aromatic N) is 1. The lowest BCUT2D eigenvalue weighted by atomic mass is 10.1. The van der Waals surface area contributed by atoms with Gasteiger partial charge in [0.1, 0.15) is 6.04 Å². The van der Waals surface area contributed by atoms with E-state index in [4.69, 9.17) is 11.0 Å². The van der Waals surface area contributed by atoms with Gasteiger partial charge in [-0.15, -0.1) is 0 Å². The summed E-state index contributed by atoms with van der Waals surface area (Å²) < 4.78 is 0. The van der Waals surface area contributed by atoms with Crippen LogP contribution in [0.1, 0.15) is 46.0 Å². The van der Waals surface area contributed by atoms with Crippen molar-refractivity contribution in [2.75, 3.05) is 0 Å². The summed E-state index contributed by atoms with van der Waals surface area (Å²) in [6.45, 7) is 3.87. The van der Waals surface area contributed by atoms with E-state index in [2.05, 4.69) is 5.32 Å². The Balaban J connectivity index is 4.03. The van der Waals surface area contributed by atoms with E-state index in [0.717, 1.165) is 6.42 Å². The molecule has 3 N–H and O–H groups in total. The SMILES string of the molecule is CC(C)CC(=O)N[C@H](CCCCC#N)C(N)=O. The zero-order chi connectivity index (χ0) is 13.3. The van der Waals surface area contributed by atoms with Crippen molar-refractivity contribution in [1.29, 1.82) is 5.26 Å². The molecule has 96 valence electrons. The third-order valence-corrected chi connectivity index (χ3v) is 2.30. The molecule has 0 radical (unpaired) electrons. The van der Waals surface area contributed by atoms with Gasteiger partial charge in [0.25, 0.3) is 0 Å². The van der Waals surface area contributed by atoms with Crippen molar-refractivity contribution in [2.45, 2.75) is 52.0 Å². The molecule has 0 bridgehead atoms. The first kappa shape index (κ1) is 15.4. The number of nitriles is 1. The number of primary amides is 1. The highest BCUT2D eigenvalue weighted by molar-refractivity contribution is 5.86. The van der Waals surface area contributed by atoms with Crippen molar-refractivity contribution in [3.8, 4) is 6.07 Å². The van der Waals surface area contributed by atoms with E-state index in [0.29, 0.717) is 25.7 Å². The Bertz CT molecular complexity index is 295. The van der Waals surface area contributed by atoms with Crippen LogP contribution in [0.25, 0.3) is 0 Å². The molecule has 0 aliphatic rings. The minimum Gasteiger partial charge on any atom is -0.368 e. The van der Waals surface area contributed by atoms with Gasteiger partial charge in [-0.3, -0.25) is 9.59 Å². The summed E-state index contributed by atoms with van der Waals surface area (Å²) in [6.07, 6.45) is 2.79. The van der Waals surface area contributed by atoms with E-state index in [9.17, 15) is 9.59 Å². The van der Waals surface area contributed by atoms with E-state index in [1.54, 1.807) is 0 Å². The summed E-state index contributed by atoms with van der Waals surface area (Å²) in [7, 11) is 0. The van der Waals surface area contributed by atoms with E-state index in [1.807, 2.05) is 19.9 Å². The number of nitrogens with one attached hydrogen (secondary N) is 1. The highest BCUT2D eigenvalue weighted by Gasteiger charge is 2.17. The minimum absolute atomic E-state index is 0.149. The molecule has 0 aliphatic carbocycles. The van der Waals surface area contributed by atoms with Crippen molar-refractivity contribution in [2.24, 2.45) is 11.7 Å². The second kappa shape index (κ2) is 8.57. The fraction of sp³-hybridized carbons (Fsp3) is 0.750. The molecule has 0 fully saturated rings. The largest absolute Gasteiger partial charge is 0.368 e. The smallest absolute Gasteiger partial charge is 0.239 e. The average Bonchev–Trinajstić information content (AvgIpc) is 2.21. The van der Waals surface area contributed by atoms with Gasteiger partial charge < -0.3 is 11.1 Å². The van der Waals surface area contributed by atoms with Crippen LogP contribution in [0, 0.1) is 17.2 Å². The van der Waals surface area contributed by atoms with Gasteiger partial charge in [-0.05, 0) is 25.2 Å². The van der Waals surface area contributed by atoms with Gasteiger partial charge in [0.15, 0.2) is 0 Å². The number of carbonyl (C=O) groups is 2. The molecular formula is C12H21N3O2. The highest BCUT2D eigenvalue weighted by atomic mass is 16.2. The van der Waals surface area contributed by atoms with Crippen molar-refractivity contribution < 1.29 is 9.59 Å². The highest BCUT2D eigenvalue weighted by Crippen LogP contribution is 2.05. The summed E-state index contributed by atoms with van der Waals surface area (Å²) in [5.74, 6) is -0.412. The van der Waals surface area contributed by atoms with Crippen LogP contribution < -0.4 is 11.1 Å². The molecule has 2 amide bonds. The molecule has 0 aromatic rings. The first-order valence-corrected chi connectivity index (χ1v) is 5.93. The first-order valence-electron chi connectivity index (χ1n) is 5.93. The number of hydrogen-bond acceptors (Lipinski definition) is 3. The molecule has 5 nitrogen and oxygen atoms in total. The molecule has 0 saturated heterocycles. The van der Waals surface area contributed by atoms with Gasteiger partial charge in [0, 0.05) is 12.8 Å². The Morgan fingerprint density at radius 3 is 2.47 bits per heavy atom. The molecule has 0 unspecified atom stereocenters. The van der Waals surface area contributed by atoms with Gasteiger partial charge in [-0.2, -0.15) is 5.26 Å². The van der Waals surface area contributed by atoms with Gasteiger partial charge >= 0.3 is 0 Å². The maximum atomic E-state index is 11.5. The van der Waals surface area contributed by atoms with E-state index in [-0.39, 0.29) is 11.8 Å². The van der Waals surface area contributed by atoms with E-state index >= 15 is 0 Å². The lowest BCUT2D eigenvalue weighted by molar-refractivity contribution is -0.128. The van der Waals surface area contributed by atoms with Gasteiger partial charge in [-0.1, -0.05) is 13.8 Å². The quantitative estimate of drug-likeness (QED) is 0.620. The Morgan fingerprint density at radius 1 is 1.35 bits per heavy atom. The number of rotatable bonds is 8. The van der Waals surface area contributed by atoms with Crippen LogP contribution in [0.3, 0.4) is 0 Å². The molecule has 5 heteroatoms. The molecule has 0 rings (SSSR count). The summed E-state index contributed by atoms with van der Waals surface area (Å²) in [5.41, 5.74) is 5.21. The zero-order valence-corrected chi connectivity index (χ0v) is 10.5. The van der Waals surface area contributed by atoms with Gasteiger partial charge in [-0.25, -0.2) is 0 Å². The summed E-state index contributed by atoms with van der Waals surface area (Å²) in [5, 5.41) is 11.0. The van der Waals surface area contributed by atoms with Crippen molar-refractivity contribution >= 4 is 11.8 Å². The standard InChI is InChI=1S/C12H21N3O2/c1-9(2)8-11(16)15-10(12(14)17)6-4-3-5-7-13/h9-10H,3-6,8H2,1-2H3,(H2,14,17)(H,15,16)/t10-/m1/s1. The fourth-order valence-electron chi connectivity index (χ4n) is 1.46. The number of carbonyl (C=O) groups excluding carboxylic acids is 2. The number of hydrogen-bond donors (Lipinski definition) is 2. The van der Waals surface area contributed by atoms with Gasteiger partial charge in [0.2, 0.25) is 11.8 Å². The van der Waals surface area contributed by atoms with E-state index < -0.39 is 11.9 Å². The maximum absolute atomic E-state index is 11.5. The van der Waals surface area contributed by atoms with Crippen molar-refractivity contribution in [3.05, 3.63) is 0 Å². The van der Waals surface area contributed by atoms with Crippen LogP contribution in [-0.4, -0.2) is 17.9 Å². The third-order valence-electron chi connectivity index (χ3n) is 2.30. The molecule has 1 atom stereocenters. The van der Waals surface area contributed by atoms with Crippen LogP contribution in [0.5, 0.6) is 0 Å². The summed E-state index contributed by atoms with van der Waals surface area (Å²) >= 11 is 0. The Kier molecular flexibility index (Phi) is 7.78. The van der Waals surface area contributed by atoms with Gasteiger partial charge in [0.05, 0.1) is 6.07 Å². The summed E-state index contributed by atoms with van der Waals surface area (Å²) in [4.78, 5) is 22.6.